The highest BCUT2D eigenvalue weighted by molar-refractivity contribution is 5.77. The van der Waals surface area contributed by atoms with Crippen molar-refractivity contribution >= 4 is 11.8 Å². The van der Waals surface area contributed by atoms with Crippen molar-refractivity contribution in [2.45, 2.75) is 57.6 Å². The number of carbonyl (C=O) groups is 2. The van der Waals surface area contributed by atoms with Crippen molar-refractivity contribution < 1.29 is 14.7 Å². The zero-order valence-electron chi connectivity index (χ0n) is 14.8. The molecule has 0 aromatic carbocycles. The molecule has 24 heavy (non-hydrogen) atoms. The Bertz CT molecular complexity index is 456. The van der Waals surface area contributed by atoms with E-state index in [0.717, 1.165) is 13.1 Å². The molecule has 1 N–H and O–H groups in total. The third-order valence-corrected chi connectivity index (χ3v) is 6.03. The molecule has 0 aromatic heterocycles. The van der Waals surface area contributed by atoms with Crippen molar-refractivity contribution in [3.05, 3.63) is 0 Å². The number of amides is 2. The lowest BCUT2D eigenvalue weighted by Crippen LogP contribution is -2.54. The predicted octanol–water partition coefficient (Wildman–Crippen LogP) is 0.693. The lowest BCUT2D eigenvalue weighted by atomic mass is 9.87. The summed E-state index contributed by atoms with van der Waals surface area (Å²) >= 11 is 0. The highest BCUT2D eigenvalue weighted by Gasteiger charge is 2.39. The number of aliphatic hydroxyl groups excluding tert-OH is 1. The van der Waals surface area contributed by atoms with Crippen molar-refractivity contribution in [2.75, 3.05) is 39.3 Å². The van der Waals surface area contributed by atoms with Gasteiger partial charge in [-0.1, -0.05) is 19.3 Å². The summed E-state index contributed by atoms with van der Waals surface area (Å²) in [5.41, 5.74) is 0. The molecule has 0 aromatic rings. The number of hydrogen-bond acceptors (Lipinski definition) is 4. The fraction of sp³-hybridized carbons (Fsp3) is 0.889. The van der Waals surface area contributed by atoms with Gasteiger partial charge in [0.05, 0.1) is 12.1 Å². The largest absolute Gasteiger partial charge is 0.390 e. The summed E-state index contributed by atoms with van der Waals surface area (Å²) in [5, 5.41) is 10.4. The average Bonchev–Trinajstić information content (AvgIpc) is 2.98. The van der Waals surface area contributed by atoms with Crippen LogP contribution in [0.25, 0.3) is 0 Å². The van der Waals surface area contributed by atoms with Gasteiger partial charge >= 0.3 is 0 Å². The van der Waals surface area contributed by atoms with Crippen molar-refractivity contribution in [1.29, 1.82) is 0 Å². The van der Waals surface area contributed by atoms with Crippen LogP contribution < -0.4 is 0 Å². The van der Waals surface area contributed by atoms with Crippen molar-refractivity contribution in [3.63, 3.8) is 0 Å². The summed E-state index contributed by atoms with van der Waals surface area (Å²) in [6.45, 7) is 5.70. The molecule has 0 radical (unpaired) electrons. The molecule has 3 rings (SSSR count). The summed E-state index contributed by atoms with van der Waals surface area (Å²) in [6.07, 6.45) is 6.35. The van der Waals surface area contributed by atoms with Gasteiger partial charge in [-0.15, -0.1) is 0 Å². The minimum absolute atomic E-state index is 0.0226. The first kappa shape index (κ1) is 17.7. The Morgan fingerprint density at radius 3 is 2.25 bits per heavy atom. The molecule has 3 fully saturated rings. The quantitative estimate of drug-likeness (QED) is 0.823. The molecule has 3 aliphatic rings. The van der Waals surface area contributed by atoms with E-state index in [-0.39, 0.29) is 17.9 Å². The first-order valence-electron chi connectivity index (χ1n) is 9.50. The second-order valence-corrected chi connectivity index (χ2v) is 7.68. The molecular weight excluding hydrogens is 306 g/mol. The van der Waals surface area contributed by atoms with Gasteiger partial charge in [-0.05, 0) is 18.8 Å². The van der Waals surface area contributed by atoms with E-state index in [4.69, 9.17) is 0 Å². The van der Waals surface area contributed by atoms with Gasteiger partial charge in [0.1, 0.15) is 0 Å². The van der Waals surface area contributed by atoms with Gasteiger partial charge < -0.3 is 14.9 Å². The maximum atomic E-state index is 12.6. The van der Waals surface area contributed by atoms with Gasteiger partial charge in [-0.3, -0.25) is 14.5 Å². The van der Waals surface area contributed by atoms with Crippen LogP contribution in [0.3, 0.4) is 0 Å². The second kappa shape index (κ2) is 7.83. The summed E-state index contributed by atoms with van der Waals surface area (Å²) in [4.78, 5) is 30.0. The normalized spacial score (nSPS) is 29.9. The topological polar surface area (TPSA) is 64.1 Å². The zero-order valence-corrected chi connectivity index (χ0v) is 14.8. The summed E-state index contributed by atoms with van der Waals surface area (Å²) in [6, 6.07) is 0.0226. The molecule has 0 bridgehead atoms. The van der Waals surface area contributed by atoms with Crippen LogP contribution in [0.2, 0.25) is 0 Å². The SMILES string of the molecule is CC(=O)N1CCN([C@@H]2CN(C(=O)CC3CCCCC3)C[C@H]2O)CC1. The summed E-state index contributed by atoms with van der Waals surface area (Å²) < 4.78 is 0. The fourth-order valence-electron chi connectivity index (χ4n) is 4.47. The standard InChI is InChI=1S/C18H31N3O3/c1-14(22)19-7-9-20(10-8-19)16-12-21(13-17(16)23)18(24)11-15-5-3-2-4-6-15/h15-17,23H,2-13H2,1H3/t16-,17-/m1/s1. The highest BCUT2D eigenvalue weighted by Crippen LogP contribution is 2.28. The van der Waals surface area contributed by atoms with Gasteiger partial charge in [-0.2, -0.15) is 0 Å². The van der Waals surface area contributed by atoms with Gasteiger partial charge in [0.2, 0.25) is 11.8 Å². The third-order valence-electron chi connectivity index (χ3n) is 6.03. The maximum absolute atomic E-state index is 12.6. The molecule has 2 atom stereocenters. The molecule has 2 aliphatic heterocycles. The van der Waals surface area contributed by atoms with E-state index in [0.29, 0.717) is 38.5 Å². The Balaban J connectivity index is 1.49. The number of carbonyl (C=O) groups excluding carboxylic acids is 2. The smallest absolute Gasteiger partial charge is 0.222 e. The zero-order chi connectivity index (χ0) is 17.1. The van der Waals surface area contributed by atoms with E-state index < -0.39 is 6.10 Å². The number of β-amino-alcohol motifs (C(OH)–C–C–N with tert-alkyl or cyclic N) is 1. The monoisotopic (exact) mass is 337 g/mol. The van der Waals surface area contributed by atoms with E-state index in [1.54, 1.807) is 6.92 Å². The van der Waals surface area contributed by atoms with E-state index in [2.05, 4.69) is 4.90 Å². The van der Waals surface area contributed by atoms with Gasteiger partial charge in [-0.25, -0.2) is 0 Å². The summed E-state index contributed by atoms with van der Waals surface area (Å²) in [5.74, 6) is 0.873. The van der Waals surface area contributed by atoms with Crippen molar-refractivity contribution in [3.8, 4) is 0 Å². The summed E-state index contributed by atoms with van der Waals surface area (Å²) in [7, 11) is 0. The fourth-order valence-corrected chi connectivity index (χ4v) is 4.47. The van der Waals surface area contributed by atoms with Crippen LogP contribution in [0.4, 0.5) is 0 Å². The van der Waals surface area contributed by atoms with Crippen LogP contribution >= 0.6 is 0 Å². The molecule has 6 nitrogen and oxygen atoms in total. The second-order valence-electron chi connectivity index (χ2n) is 7.68. The molecule has 1 aliphatic carbocycles. The van der Waals surface area contributed by atoms with Gasteiger partial charge in [0.15, 0.2) is 0 Å². The highest BCUT2D eigenvalue weighted by atomic mass is 16.3. The van der Waals surface area contributed by atoms with Crippen LogP contribution in [0.15, 0.2) is 0 Å². The molecule has 6 heteroatoms. The molecule has 0 unspecified atom stereocenters. The van der Waals surface area contributed by atoms with E-state index in [1.807, 2.05) is 9.80 Å². The van der Waals surface area contributed by atoms with Crippen LogP contribution in [-0.2, 0) is 9.59 Å². The van der Waals surface area contributed by atoms with Gasteiger partial charge in [0, 0.05) is 52.6 Å². The lowest BCUT2D eigenvalue weighted by Gasteiger charge is -2.38. The minimum Gasteiger partial charge on any atom is -0.390 e. The Morgan fingerprint density at radius 1 is 0.958 bits per heavy atom. The van der Waals surface area contributed by atoms with Crippen LogP contribution in [0.1, 0.15) is 45.4 Å². The Labute approximate surface area is 144 Å². The van der Waals surface area contributed by atoms with Crippen molar-refractivity contribution in [2.24, 2.45) is 5.92 Å². The number of hydrogen-bond donors (Lipinski definition) is 1. The molecule has 2 saturated heterocycles. The van der Waals surface area contributed by atoms with E-state index >= 15 is 0 Å². The molecule has 136 valence electrons. The van der Waals surface area contributed by atoms with Crippen LogP contribution in [0, 0.1) is 5.92 Å². The minimum atomic E-state index is -0.468. The van der Waals surface area contributed by atoms with Crippen LogP contribution in [0.5, 0.6) is 0 Å². The molecular formula is C18H31N3O3. The Morgan fingerprint density at radius 2 is 1.62 bits per heavy atom. The molecule has 1 saturated carbocycles. The lowest BCUT2D eigenvalue weighted by molar-refractivity contribution is -0.131. The van der Waals surface area contributed by atoms with Gasteiger partial charge in [0.25, 0.3) is 0 Å². The Hall–Kier alpha value is -1.14. The van der Waals surface area contributed by atoms with E-state index in [1.165, 1.54) is 32.1 Å². The number of likely N-dealkylation sites (tertiary alicyclic amines) is 1. The molecule has 2 heterocycles. The Kier molecular flexibility index (Phi) is 5.76. The maximum Gasteiger partial charge on any atom is 0.222 e. The first-order chi connectivity index (χ1) is 11.5. The third kappa shape index (κ3) is 4.09. The number of rotatable bonds is 3. The predicted molar refractivity (Wildman–Crippen MR) is 91.4 cm³/mol. The number of nitrogens with zero attached hydrogens (tertiary/aromatic N) is 3. The van der Waals surface area contributed by atoms with Crippen molar-refractivity contribution in [1.82, 2.24) is 14.7 Å². The average molecular weight is 337 g/mol. The molecule has 0 spiro atoms. The van der Waals surface area contributed by atoms with E-state index in [9.17, 15) is 14.7 Å². The number of piperazine rings is 1. The number of aliphatic hydroxyl groups is 1. The van der Waals surface area contributed by atoms with Crippen LogP contribution in [-0.4, -0.2) is 83.0 Å². The molecule has 2 amide bonds. The first-order valence-corrected chi connectivity index (χ1v) is 9.50.